The van der Waals surface area contributed by atoms with Gasteiger partial charge in [-0.1, -0.05) is 19.9 Å². The second kappa shape index (κ2) is 11.9. The van der Waals surface area contributed by atoms with Crippen molar-refractivity contribution < 1.29 is 23.6 Å². The number of nitro groups is 1. The zero-order valence-electron chi connectivity index (χ0n) is 22.8. The lowest BCUT2D eigenvalue weighted by atomic mass is 10.0. The van der Waals surface area contributed by atoms with E-state index in [1.807, 2.05) is 29.2 Å². The number of methoxy groups -OCH3 is 1. The smallest absolute Gasteiger partial charge is 0.293 e. The third-order valence-electron chi connectivity index (χ3n) is 6.79. The topological polar surface area (TPSA) is 132 Å². The maximum absolute atomic E-state index is 13.0. The molecule has 0 atom stereocenters. The summed E-state index contributed by atoms with van der Waals surface area (Å²) >= 11 is 5.39. The van der Waals surface area contributed by atoms with Gasteiger partial charge in [0.1, 0.15) is 17.0 Å². The number of morpholine rings is 1. The molecule has 3 aromatic carbocycles. The molecule has 0 unspecified atom stereocenters. The number of anilines is 2. The number of thiocarbonyl (C=S) groups is 1. The van der Waals surface area contributed by atoms with Gasteiger partial charge in [0.15, 0.2) is 10.7 Å². The largest absolute Gasteiger partial charge is 0.495 e. The molecule has 11 nitrogen and oxygen atoms in total. The van der Waals surface area contributed by atoms with Gasteiger partial charge in [0.25, 0.3) is 11.6 Å². The summed E-state index contributed by atoms with van der Waals surface area (Å²) < 4.78 is 16.8. The van der Waals surface area contributed by atoms with E-state index in [9.17, 15) is 14.9 Å². The number of benzene rings is 3. The summed E-state index contributed by atoms with van der Waals surface area (Å²) in [6.45, 7) is 6.26. The van der Waals surface area contributed by atoms with Crippen LogP contribution in [0.25, 0.3) is 22.6 Å². The van der Waals surface area contributed by atoms with Gasteiger partial charge >= 0.3 is 0 Å². The molecule has 1 amide bonds. The molecule has 0 radical (unpaired) electrons. The second-order valence-electron chi connectivity index (χ2n) is 9.78. The third kappa shape index (κ3) is 6.13. The maximum Gasteiger partial charge on any atom is 0.293 e. The van der Waals surface area contributed by atoms with E-state index in [1.165, 1.54) is 19.2 Å². The molecular weight excluding hydrogens is 546 g/mol. The summed E-state index contributed by atoms with van der Waals surface area (Å²) in [5.41, 5.74) is 4.14. The molecule has 212 valence electrons. The number of rotatable bonds is 7. The number of aromatic nitrogens is 1. The summed E-state index contributed by atoms with van der Waals surface area (Å²) in [7, 11) is 1.52. The Morgan fingerprint density at radius 2 is 1.90 bits per heavy atom. The number of carbonyl (C=O) groups excluding carboxylic acids is 1. The fourth-order valence-electron chi connectivity index (χ4n) is 4.58. The minimum Gasteiger partial charge on any atom is -0.495 e. The van der Waals surface area contributed by atoms with Crippen LogP contribution in [0.1, 0.15) is 35.7 Å². The van der Waals surface area contributed by atoms with E-state index in [-0.39, 0.29) is 16.4 Å². The fourth-order valence-corrected chi connectivity index (χ4v) is 4.78. The van der Waals surface area contributed by atoms with Crippen LogP contribution < -0.4 is 20.3 Å². The Bertz CT molecular complexity index is 1630. The standard InChI is InChI=1S/C29H29N5O6S/c1-17(2)18-5-9-26-22(14-18)30-28(40-26)20-6-8-25(38-3)21(15-20)31-29(41)32-27(35)19-4-7-23(24(16-19)34(36)37)33-10-12-39-13-11-33/h4-9,14-17H,10-13H2,1-3H3,(H2,31,32,35,41). The molecule has 1 aliphatic rings. The first kappa shape index (κ1) is 28.0. The van der Waals surface area contributed by atoms with E-state index < -0.39 is 10.8 Å². The molecule has 0 spiro atoms. The minimum atomic E-state index is -0.589. The number of nitro benzene ring substituents is 1. The van der Waals surface area contributed by atoms with Crippen molar-refractivity contribution in [2.24, 2.45) is 0 Å². The highest BCUT2D eigenvalue weighted by molar-refractivity contribution is 7.80. The summed E-state index contributed by atoms with van der Waals surface area (Å²) in [4.78, 5) is 30.8. The third-order valence-corrected chi connectivity index (χ3v) is 6.99. The number of nitrogens with zero attached hydrogens (tertiary/aromatic N) is 3. The van der Waals surface area contributed by atoms with Crippen molar-refractivity contribution in [2.75, 3.05) is 43.6 Å². The number of ether oxygens (including phenoxy) is 2. The van der Waals surface area contributed by atoms with E-state index in [0.717, 1.165) is 11.1 Å². The highest BCUT2D eigenvalue weighted by atomic mass is 32.1. The van der Waals surface area contributed by atoms with E-state index in [2.05, 4.69) is 29.5 Å². The van der Waals surface area contributed by atoms with Gasteiger partial charge in [-0.3, -0.25) is 20.2 Å². The van der Waals surface area contributed by atoms with Gasteiger partial charge in [-0.2, -0.15) is 0 Å². The van der Waals surface area contributed by atoms with Crippen molar-refractivity contribution in [3.05, 3.63) is 75.8 Å². The number of carbonyl (C=O) groups is 1. The van der Waals surface area contributed by atoms with E-state index in [4.69, 9.17) is 26.1 Å². The van der Waals surface area contributed by atoms with Gasteiger partial charge in [-0.15, -0.1) is 0 Å². The molecule has 1 saturated heterocycles. The maximum atomic E-state index is 13.0. The van der Waals surface area contributed by atoms with Gasteiger partial charge in [0, 0.05) is 30.3 Å². The number of nitrogens with one attached hydrogen (secondary N) is 2. The van der Waals surface area contributed by atoms with Crippen LogP contribution in [0.4, 0.5) is 17.1 Å². The lowest BCUT2D eigenvalue weighted by molar-refractivity contribution is -0.384. The van der Waals surface area contributed by atoms with Crippen molar-refractivity contribution in [3.63, 3.8) is 0 Å². The molecule has 1 aliphatic heterocycles. The van der Waals surface area contributed by atoms with Crippen LogP contribution in [0, 0.1) is 10.1 Å². The molecular formula is C29H29N5O6S. The SMILES string of the molecule is COc1ccc(-c2nc3cc(C(C)C)ccc3o2)cc1NC(=S)NC(=O)c1ccc(N2CCOCC2)c([N+](=O)[O-])c1. The van der Waals surface area contributed by atoms with Gasteiger partial charge in [0.2, 0.25) is 5.89 Å². The second-order valence-corrected chi connectivity index (χ2v) is 10.2. The Balaban J connectivity index is 1.33. The van der Waals surface area contributed by atoms with E-state index in [0.29, 0.717) is 66.4 Å². The summed E-state index contributed by atoms with van der Waals surface area (Å²) in [5.74, 6) is 0.679. The Labute approximate surface area is 241 Å². The highest BCUT2D eigenvalue weighted by Crippen LogP contribution is 2.33. The summed E-state index contributed by atoms with van der Waals surface area (Å²) in [6, 6.07) is 15.6. The lowest BCUT2D eigenvalue weighted by Gasteiger charge is -2.28. The van der Waals surface area contributed by atoms with Gasteiger partial charge in [-0.05, 0) is 66.2 Å². The fraction of sp³-hybridized carbons (Fsp3) is 0.276. The molecule has 0 bridgehead atoms. The summed E-state index contributed by atoms with van der Waals surface area (Å²) in [6.07, 6.45) is 0. The number of hydrogen-bond donors (Lipinski definition) is 2. The molecule has 41 heavy (non-hydrogen) atoms. The van der Waals surface area contributed by atoms with Crippen LogP contribution in [0.5, 0.6) is 5.75 Å². The monoisotopic (exact) mass is 575 g/mol. The quantitative estimate of drug-likeness (QED) is 0.165. The van der Waals surface area contributed by atoms with Crippen LogP contribution in [-0.4, -0.2) is 54.3 Å². The molecule has 2 N–H and O–H groups in total. The van der Waals surface area contributed by atoms with Crippen molar-refractivity contribution in [1.29, 1.82) is 0 Å². The molecule has 0 saturated carbocycles. The first-order valence-corrected chi connectivity index (χ1v) is 13.5. The van der Waals surface area contributed by atoms with Gasteiger partial charge in [0.05, 0.1) is 30.9 Å². The normalized spacial score (nSPS) is 13.3. The van der Waals surface area contributed by atoms with E-state index in [1.54, 1.807) is 18.2 Å². The molecule has 1 fully saturated rings. The average Bonchev–Trinajstić information content (AvgIpc) is 3.41. The highest BCUT2D eigenvalue weighted by Gasteiger charge is 2.24. The van der Waals surface area contributed by atoms with Crippen LogP contribution in [0.2, 0.25) is 0 Å². The number of fused-ring (bicyclic) bond motifs is 1. The predicted molar refractivity (Wildman–Crippen MR) is 160 cm³/mol. The number of hydrogen-bond acceptors (Lipinski definition) is 9. The average molecular weight is 576 g/mol. The minimum absolute atomic E-state index is 0.00972. The first-order valence-electron chi connectivity index (χ1n) is 13.1. The van der Waals surface area contributed by atoms with Crippen LogP contribution >= 0.6 is 12.2 Å². The Morgan fingerprint density at radius 1 is 1.12 bits per heavy atom. The molecule has 0 aliphatic carbocycles. The zero-order valence-corrected chi connectivity index (χ0v) is 23.6. The Hall–Kier alpha value is -4.55. The van der Waals surface area contributed by atoms with Crippen molar-refractivity contribution in [1.82, 2.24) is 10.3 Å². The van der Waals surface area contributed by atoms with E-state index >= 15 is 0 Å². The lowest BCUT2D eigenvalue weighted by Crippen LogP contribution is -2.37. The number of amides is 1. The van der Waals surface area contributed by atoms with Crippen molar-refractivity contribution in [3.8, 4) is 17.2 Å². The summed E-state index contributed by atoms with van der Waals surface area (Å²) in [5, 5.41) is 17.3. The molecule has 12 heteroatoms. The molecule has 1 aromatic heterocycles. The Kier molecular flexibility index (Phi) is 8.13. The van der Waals surface area contributed by atoms with Crippen LogP contribution in [-0.2, 0) is 4.74 Å². The molecule has 5 rings (SSSR count). The molecule has 4 aromatic rings. The first-order chi connectivity index (χ1) is 19.7. The predicted octanol–water partition coefficient (Wildman–Crippen LogP) is 5.50. The van der Waals surface area contributed by atoms with Gasteiger partial charge in [-0.25, -0.2) is 4.98 Å². The van der Waals surface area contributed by atoms with Crippen molar-refractivity contribution >= 4 is 51.4 Å². The number of oxazole rings is 1. The Morgan fingerprint density at radius 3 is 2.61 bits per heavy atom. The molecule has 2 heterocycles. The zero-order chi connectivity index (χ0) is 29.1. The van der Waals surface area contributed by atoms with Crippen LogP contribution in [0.3, 0.4) is 0 Å². The van der Waals surface area contributed by atoms with Crippen LogP contribution in [0.15, 0.2) is 59.0 Å². The van der Waals surface area contributed by atoms with Gasteiger partial charge < -0.3 is 24.1 Å². The van der Waals surface area contributed by atoms with Crippen molar-refractivity contribution in [2.45, 2.75) is 19.8 Å².